The number of nitrogens with zero attached hydrogens (tertiary/aromatic N) is 3. The number of aliphatic hydroxyl groups is 1. The molecule has 3 N–H and O–H groups in total. The van der Waals surface area contributed by atoms with Crippen molar-refractivity contribution in [1.82, 2.24) is 15.0 Å². The Morgan fingerprint density at radius 1 is 1.07 bits per heavy atom. The molecule has 160 valence electrons. The van der Waals surface area contributed by atoms with Crippen molar-refractivity contribution in [3.63, 3.8) is 0 Å². The molecule has 0 radical (unpaired) electrons. The molecule has 29 heavy (non-hydrogen) atoms. The van der Waals surface area contributed by atoms with E-state index in [1.54, 1.807) is 0 Å². The number of rotatable bonds is 10. The fourth-order valence-electron chi connectivity index (χ4n) is 2.90. The van der Waals surface area contributed by atoms with Crippen molar-refractivity contribution in [2.75, 3.05) is 22.9 Å². The van der Waals surface area contributed by atoms with Crippen molar-refractivity contribution in [2.45, 2.75) is 45.6 Å². The number of halogens is 1. The first kappa shape index (κ1) is 23.3. The van der Waals surface area contributed by atoms with Crippen molar-refractivity contribution in [3.05, 3.63) is 40.7 Å². The van der Waals surface area contributed by atoms with Crippen LogP contribution in [0, 0.1) is 5.92 Å². The number of benzene rings is 1. The van der Waals surface area contributed by atoms with E-state index in [-0.39, 0.29) is 30.5 Å². The lowest BCUT2D eigenvalue weighted by Gasteiger charge is -2.19. The highest BCUT2D eigenvalue weighted by molar-refractivity contribution is 7.91. The lowest BCUT2D eigenvalue weighted by Crippen LogP contribution is -2.27. The molecule has 2 rings (SSSR count). The van der Waals surface area contributed by atoms with Crippen molar-refractivity contribution >= 4 is 33.5 Å². The van der Waals surface area contributed by atoms with E-state index >= 15 is 0 Å². The maximum atomic E-state index is 11.6. The molecule has 0 aliphatic heterocycles. The summed E-state index contributed by atoms with van der Waals surface area (Å²) < 4.78 is 25.6. The van der Waals surface area contributed by atoms with Gasteiger partial charge in [0.15, 0.2) is 0 Å². The molecule has 8 nitrogen and oxygen atoms in total. The van der Waals surface area contributed by atoms with Gasteiger partial charge in [0.05, 0.1) is 18.9 Å². The number of nitrogens with one attached hydrogen (secondary N) is 2. The minimum Gasteiger partial charge on any atom is -0.394 e. The second-order valence-corrected chi connectivity index (χ2v) is 9.77. The average molecular weight is 442 g/mol. The lowest BCUT2D eigenvalue weighted by atomic mass is 9.98. The maximum Gasteiger partial charge on any atom is 0.241 e. The van der Waals surface area contributed by atoms with Gasteiger partial charge in [-0.05, 0) is 36.0 Å². The van der Waals surface area contributed by atoms with Gasteiger partial charge in [-0.1, -0.05) is 44.5 Å². The van der Waals surface area contributed by atoms with Gasteiger partial charge >= 0.3 is 0 Å². The Bertz CT molecular complexity index is 907. The molecule has 0 saturated carbocycles. The second-order valence-electron chi connectivity index (χ2n) is 7.58. The van der Waals surface area contributed by atoms with Crippen LogP contribution in [0.1, 0.15) is 44.5 Å². The molecule has 2 aromatic rings. The third-order valence-corrected chi connectivity index (χ3v) is 5.00. The van der Waals surface area contributed by atoms with Gasteiger partial charge in [0.1, 0.15) is 5.82 Å². The summed E-state index contributed by atoms with van der Waals surface area (Å²) in [7, 11) is -3.54. The molecule has 1 aromatic carbocycles. The highest BCUT2D eigenvalue weighted by Gasteiger charge is 2.17. The van der Waals surface area contributed by atoms with Crippen molar-refractivity contribution < 1.29 is 13.5 Å². The number of hydrogen-bond acceptors (Lipinski definition) is 7. The Morgan fingerprint density at radius 3 is 2.24 bits per heavy atom. The van der Waals surface area contributed by atoms with E-state index in [1.165, 1.54) is 0 Å². The zero-order chi connectivity index (χ0) is 21.6. The van der Waals surface area contributed by atoms with Gasteiger partial charge in [0.25, 0.3) is 0 Å². The summed E-state index contributed by atoms with van der Waals surface area (Å²) in [6, 6.07) is 7.27. The minimum atomic E-state index is -3.54. The average Bonchev–Trinajstić information content (AvgIpc) is 2.59. The summed E-state index contributed by atoms with van der Waals surface area (Å²) in [5.41, 5.74) is 1.06. The highest BCUT2D eigenvalue weighted by atomic mass is 35.5. The SMILES string of the molecule is CC(C)C[C@H](CO)Nc1nc(C[C@H](C)c2ccc(Cl)cc2)nc(NS(C)(=O)=O)n1. The van der Waals surface area contributed by atoms with Crippen LogP contribution >= 0.6 is 11.6 Å². The van der Waals surface area contributed by atoms with Crippen LogP contribution in [0.4, 0.5) is 11.9 Å². The molecule has 1 aromatic heterocycles. The Kier molecular flexibility index (Phi) is 8.18. The summed E-state index contributed by atoms with van der Waals surface area (Å²) in [6.45, 7) is 6.04. The minimum absolute atomic E-state index is 0.0513. The Labute approximate surface area is 177 Å². The normalized spacial score (nSPS) is 13.9. The smallest absolute Gasteiger partial charge is 0.241 e. The number of aliphatic hydroxyl groups excluding tert-OH is 1. The van der Waals surface area contributed by atoms with Crippen molar-refractivity contribution in [1.29, 1.82) is 0 Å². The van der Waals surface area contributed by atoms with E-state index in [9.17, 15) is 13.5 Å². The van der Waals surface area contributed by atoms with Crippen LogP contribution in [0.25, 0.3) is 0 Å². The number of anilines is 2. The number of sulfonamides is 1. The molecule has 0 spiro atoms. The molecule has 0 fully saturated rings. The van der Waals surface area contributed by atoms with E-state index in [1.807, 2.05) is 45.0 Å². The Balaban J connectivity index is 2.29. The monoisotopic (exact) mass is 441 g/mol. The lowest BCUT2D eigenvalue weighted by molar-refractivity contribution is 0.259. The predicted molar refractivity (Wildman–Crippen MR) is 116 cm³/mol. The van der Waals surface area contributed by atoms with Crippen LogP contribution in [0.5, 0.6) is 0 Å². The summed E-state index contributed by atoms with van der Waals surface area (Å²) >= 11 is 5.95. The first-order chi connectivity index (χ1) is 13.6. The number of hydrogen-bond donors (Lipinski definition) is 3. The predicted octanol–water partition coefficient (Wildman–Crippen LogP) is 3.06. The van der Waals surface area contributed by atoms with Gasteiger partial charge in [-0.3, -0.25) is 4.72 Å². The highest BCUT2D eigenvalue weighted by Crippen LogP contribution is 2.22. The van der Waals surface area contributed by atoms with E-state index in [0.29, 0.717) is 29.6 Å². The second kappa shape index (κ2) is 10.2. The van der Waals surface area contributed by atoms with E-state index in [0.717, 1.165) is 11.8 Å². The first-order valence-electron chi connectivity index (χ1n) is 9.41. The van der Waals surface area contributed by atoms with Gasteiger partial charge in [0, 0.05) is 11.4 Å². The van der Waals surface area contributed by atoms with Crippen LogP contribution in [0.3, 0.4) is 0 Å². The Morgan fingerprint density at radius 2 is 1.69 bits per heavy atom. The maximum absolute atomic E-state index is 11.6. The molecule has 2 atom stereocenters. The van der Waals surface area contributed by atoms with Gasteiger partial charge in [-0.25, -0.2) is 8.42 Å². The van der Waals surface area contributed by atoms with Gasteiger partial charge in [-0.15, -0.1) is 0 Å². The van der Waals surface area contributed by atoms with Crippen LogP contribution in [0.15, 0.2) is 24.3 Å². The molecule has 0 saturated heterocycles. The fourth-order valence-corrected chi connectivity index (χ4v) is 3.45. The number of aromatic nitrogens is 3. The first-order valence-corrected chi connectivity index (χ1v) is 11.7. The topological polar surface area (TPSA) is 117 Å². The molecule has 0 aliphatic rings. The molecule has 0 aliphatic carbocycles. The van der Waals surface area contributed by atoms with Crippen LogP contribution < -0.4 is 10.0 Å². The Hall–Kier alpha value is -1.97. The van der Waals surface area contributed by atoms with Crippen LogP contribution in [0.2, 0.25) is 5.02 Å². The van der Waals surface area contributed by atoms with E-state index < -0.39 is 10.0 Å². The standard InChI is InChI=1S/C19H28ClN5O3S/c1-12(2)9-16(11-26)21-18-22-17(23-19(24-18)25-29(4,27)28)10-13(3)14-5-7-15(20)8-6-14/h5-8,12-13,16,26H,9-11H2,1-4H3,(H2,21,22,23,24,25)/t13-,16+/m0/s1. The molecule has 0 bridgehead atoms. The molecule has 10 heteroatoms. The molecule has 0 amide bonds. The summed E-state index contributed by atoms with van der Waals surface area (Å²) in [6.07, 6.45) is 2.23. The van der Waals surface area contributed by atoms with Gasteiger partial charge < -0.3 is 10.4 Å². The van der Waals surface area contributed by atoms with E-state index in [2.05, 4.69) is 25.0 Å². The molecule has 0 unspecified atom stereocenters. The van der Waals surface area contributed by atoms with Crippen LogP contribution in [-0.4, -0.2) is 47.4 Å². The quantitative estimate of drug-likeness (QED) is 0.518. The van der Waals surface area contributed by atoms with Crippen molar-refractivity contribution in [3.8, 4) is 0 Å². The van der Waals surface area contributed by atoms with Gasteiger partial charge in [-0.2, -0.15) is 15.0 Å². The largest absolute Gasteiger partial charge is 0.394 e. The molecule has 1 heterocycles. The van der Waals surface area contributed by atoms with Crippen LogP contribution in [-0.2, 0) is 16.4 Å². The van der Waals surface area contributed by atoms with Crippen molar-refractivity contribution in [2.24, 2.45) is 5.92 Å². The molecular weight excluding hydrogens is 414 g/mol. The molecular formula is C19H28ClN5O3S. The zero-order valence-electron chi connectivity index (χ0n) is 17.1. The van der Waals surface area contributed by atoms with Gasteiger partial charge in [0.2, 0.25) is 21.9 Å². The summed E-state index contributed by atoms with van der Waals surface area (Å²) in [4.78, 5) is 12.8. The zero-order valence-corrected chi connectivity index (χ0v) is 18.6. The summed E-state index contributed by atoms with van der Waals surface area (Å²) in [5.74, 6) is 1.06. The third kappa shape index (κ3) is 8.12. The van der Waals surface area contributed by atoms with E-state index in [4.69, 9.17) is 11.6 Å². The fraction of sp³-hybridized carbons (Fsp3) is 0.526. The summed E-state index contributed by atoms with van der Waals surface area (Å²) in [5, 5.41) is 13.4. The third-order valence-electron chi connectivity index (χ3n) is 4.20.